The Kier molecular flexibility index (Phi) is 2.53. The number of hydrogen-bond donors (Lipinski definition) is 1. The molecule has 0 spiro atoms. The monoisotopic (exact) mass is 353 g/mol. The Morgan fingerprint density at radius 2 is 1.89 bits per heavy atom. The van der Waals surface area contributed by atoms with Gasteiger partial charge in [0.05, 0.1) is 0 Å². The zero-order chi connectivity index (χ0) is 6.10. The first-order valence-electron chi connectivity index (χ1n) is 3.42. The maximum atomic E-state index is 3.56. The second kappa shape index (κ2) is 3.21. The zero-order valence-corrected chi connectivity index (χ0v) is 9.81. The number of hydrogen-bond acceptors (Lipinski definition) is 1. The van der Waals surface area contributed by atoms with E-state index in [9.17, 15) is 0 Å². The Bertz CT molecular complexity index is 95.2. The third-order valence-electron chi connectivity index (χ3n) is 1.68. The van der Waals surface area contributed by atoms with Crippen molar-refractivity contribution >= 4 is 31.7 Å². The van der Waals surface area contributed by atoms with E-state index < -0.39 is 0 Å². The van der Waals surface area contributed by atoms with E-state index in [1.807, 2.05) is 0 Å². The fraction of sp³-hybridized carbons (Fsp3) is 1.00. The fourth-order valence-corrected chi connectivity index (χ4v) is 31.0. The molecule has 0 unspecified atom stereocenters. The minimum absolute atomic E-state index is 0.155. The molecule has 2 aliphatic heterocycles. The summed E-state index contributed by atoms with van der Waals surface area (Å²) in [6.45, 7) is 1.39. The van der Waals surface area contributed by atoms with Crippen molar-refractivity contribution in [2.45, 2.75) is 6.42 Å². The number of nitrogens with one attached hydrogen (secondary N) is 1. The van der Waals surface area contributed by atoms with Crippen LogP contribution in [0, 0.1) is 0 Å². The van der Waals surface area contributed by atoms with E-state index in [-0.39, 0.29) is 31.7 Å². The van der Waals surface area contributed by atoms with Gasteiger partial charge in [-0.05, 0) is 0 Å². The topological polar surface area (TPSA) is 12.0 Å². The van der Waals surface area contributed by atoms with E-state index in [1.165, 1.54) is 11.1 Å². The molecule has 0 bridgehead atoms. The van der Waals surface area contributed by atoms with Crippen LogP contribution in [0.5, 0.6) is 0 Å². The normalized spacial score (nSPS) is 34.7. The molecule has 3 heteroatoms. The molecule has 2 saturated heterocycles. The second-order valence-corrected chi connectivity index (χ2v) is 26.3. The van der Waals surface area contributed by atoms with Crippen molar-refractivity contribution in [3.8, 4) is 0 Å². The quantitative estimate of drug-likeness (QED) is 0.399. The first kappa shape index (κ1) is 7.09. The molecule has 0 aromatic carbocycles. The van der Waals surface area contributed by atoms with Gasteiger partial charge in [-0.3, -0.25) is 0 Å². The fourth-order valence-electron chi connectivity index (χ4n) is 1.21. The van der Waals surface area contributed by atoms with Crippen molar-refractivity contribution in [3.05, 3.63) is 0 Å². The molecule has 2 aliphatic rings. The summed E-state index contributed by atoms with van der Waals surface area (Å²) >= 11 is -0.358. The van der Waals surface area contributed by atoms with Crippen molar-refractivity contribution in [2.24, 2.45) is 0 Å². The third kappa shape index (κ3) is 1.53. The molecule has 9 heavy (non-hydrogen) atoms. The van der Waals surface area contributed by atoms with E-state index in [2.05, 4.69) is 5.32 Å². The predicted octanol–water partition coefficient (Wildman–Crippen LogP) is 1.88. The first-order chi connectivity index (χ1) is 4.47. The van der Waals surface area contributed by atoms with Crippen LogP contribution >= 0.6 is 31.7 Å². The molecular formula is C6H13I2N. The zero-order valence-electron chi connectivity index (χ0n) is 5.50. The Morgan fingerprint density at radius 1 is 1.00 bits per heavy atom. The van der Waals surface area contributed by atoms with Crippen LogP contribution in [-0.4, -0.2) is 24.4 Å². The molecular weight excluding hydrogens is 340 g/mol. The van der Waals surface area contributed by atoms with E-state index in [0.29, 0.717) is 0 Å². The minimum atomic E-state index is -0.203. The Balaban J connectivity index is 1.97. The molecule has 2 heterocycles. The van der Waals surface area contributed by atoms with Gasteiger partial charge in [0, 0.05) is 0 Å². The summed E-state index contributed by atoms with van der Waals surface area (Å²) in [6.07, 6.45) is 1.64. The van der Waals surface area contributed by atoms with Gasteiger partial charge in [0.25, 0.3) is 0 Å². The predicted molar refractivity (Wildman–Crippen MR) is 60.1 cm³/mol. The van der Waals surface area contributed by atoms with Crippen LogP contribution in [0.25, 0.3) is 0 Å². The van der Waals surface area contributed by atoms with Gasteiger partial charge in [-0.2, -0.15) is 0 Å². The number of rotatable bonds is 0. The van der Waals surface area contributed by atoms with Gasteiger partial charge in [-0.25, -0.2) is 0 Å². The van der Waals surface area contributed by atoms with E-state index in [1.54, 1.807) is 19.7 Å². The van der Waals surface area contributed by atoms with Crippen LogP contribution in [0.3, 0.4) is 0 Å². The molecule has 2 fully saturated rings. The van der Waals surface area contributed by atoms with Crippen LogP contribution in [0.1, 0.15) is 6.42 Å². The van der Waals surface area contributed by atoms with Crippen molar-refractivity contribution in [1.29, 1.82) is 0 Å². The van der Waals surface area contributed by atoms with Crippen molar-refractivity contribution < 1.29 is 0 Å². The SMILES string of the molecule is C1CI2CCNCI2C1. The summed E-state index contributed by atoms with van der Waals surface area (Å²) in [5, 5.41) is 3.56. The van der Waals surface area contributed by atoms with E-state index >= 15 is 0 Å². The van der Waals surface area contributed by atoms with Crippen LogP contribution in [0.15, 0.2) is 0 Å². The number of alkyl halides is 4. The van der Waals surface area contributed by atoms with Crippen LogP contribution in [0.2, 0.25) is 0 Å². The van der Waals surface area contributed by atoms with Crippen molar-refractivity contribution in [3.63, 3.8) is 0 Å². The Morgan fingerprint density at radius 3 is 2.78 bits per heavy atom. The first-order valence-corrected chi connectivity index (χ1v) is 15.8. The van der Waals surface area contributed by atoms with Crippen LogP contribution < -0.4 is 5.32 Å². The summed E-state index contributed by atoms with van der Waals surface area (Å²) in [4.78, 5) is 0. The molecule has 1 nitrogen and oxygen atoms in total. The number of fused-ring (bicyclic) bond motifs is 1. The second-order valence-electron chi connectivity index (χ2n) is 2.34. The van der Waals surface area contributed by atoms with E-state index in [4.69, 9.17) is 0 Å². The molecule has 0 aliphatic carbocycles. The van der Waals surface area contributed by atoms with Gasteiger partial charge in [-0.1, -0.05) is 0 Å². The standard InChI is InChI=1S/C6H13I2N/c1-2-7-4-5-9-6-8(7)3-1/h9H,1-6H2. The third-order valence-corrected chi connectivity index (χ3v) is 31.3. The van der Waals surface area contributed by atoms with Crippen LogP contribution in [-0.2, 0) is 0 Å². The molecule has 56 valence electrons. The molecule has 1 N–H and O–H groups in total. The summed E-state index contributed by atoms with van der Waals surface area (Å²) in [7, 11) is 0. The molecule has 0 radical (unpaired) electrons. The summed E-state index contributed by atoms with van der Waals surface area (Å²) in [5.74, 6) is 0. The van der Waals surface area contributed by atoms with Crippen molar-refractivity contribution in [1.82, 2.24) is 5.32 Å². The number of halogens is 2. The van der Waals surface area contributed by atoms with Gasteiger partial charge in [0.15, 0.2) is 0 Å². The average molecular weight is 353 g/mol. The molecule has 0 aromatic rings. The molecule has 2 rings (SSSR count). The van der Waals surface area contributed by atoms with Gasteiger partial charge < -0.3 is 0 Å². The molecule has 0 amide bonds. The summed E-state index contributed by atoms with van der Waals surface area (Å²) in [6, 6.07) is 0. The molecule has 0 aromatic heterocycles. The van der Waals surface area contributed by atoms with Gasteiger partial charge in [0.1, 0.15) is 0 Å². The van der Waals surface area contributed by atoms with Crippen LogP contribution in [0.4, 0.5) is 0 Å². The van der Waals surface area contributed by atoms with Gasteiger partial charge in [0.2, 0.25) is 0 Å². The van der Waals surface area contributed by atoms with Gasteiger partial charge >= 0.3 is 67.8 Å². The van der Waals surface area contributed by atoms with Gasteiger partial charge in [-0.15, -0.1) is 0 Å². The Hall–Kier alpha value is 1.42. The summed E-state index contributed by atoms with van der Waals surface area (Å²) < 4.78 is 6.68. The van der Waals surface area contributed by atoms with Crippen molar-refractivity contribution in [2.75, 3.05) is 24.4 Å². The molecule has 0 saturated carbocycles. The maximum absolute atomic E-state index is 3.56. The summed E-state index contributed by atoms with van der Waals surface area (Å²) in [5.41, 5.74) is 0. The average Bonchev–Trinajstić information content (AvgIpc) is 2.33. The molecule has 0 atom stereocenters. The Labute approximate surface area is 67.2 Å². The van der Waals surface area contributed by atoms with E-state index in [0.717, 1.165) is 0 Å².